The van der Waals surface area contributed by atoms with Crippen LogP contribution in [-0.4, -0.2) is 23.3 Å². The third-order valence-electron chi connectivity index (χ3n) is 2.93. The first kappa shape index (κ1) is 6.62. The summed E-state index contributed by atoms with van der Waals surface area (Å²) >= 11 is 0. The molecule has 0 radical (unpaired) electrons. The molecule has 0 saturated carbocycles. The van der Waals surface area contributed by atoms with Gasteiger partial charge in [-0.1, -0.05) is 0 Å². The summed E-state index contributed by atoms with van der Waals surface area (Å²) in [5, 5.41) is 3.55. The topological polar surface area (TPSA) is 15.3 Å². The summed E-state index contributed by atoms with van der Waals surface area (Å²) in [6, 6.07) is 0. The van der Waals surface area contributed by atoms with Crippen LogP contribution >= 0.6 is 0 Å². The number of piperidine rings is 1. The lowest BCUT2D eigenvalue weighted by molar-refractivity contribution is -0.118. The molecule has 2 unspecified atom stereocenters. The first-order valence-electron chi connectivity index (χ1n) is 4.27. The molecular weight excluding hydrogens is 124 g/mol. The van der Waals surface area contributed by atoms with Gasteiger partial charge in [-0.2, -0.15) is 0 Å². The number of fused-ring (bicyclic) bond motifs is 1. The highest BCUT2D eigenvalue weighted by molar-refractivity contribution is 4.98. The zero-order chi connectivity index (χ0) is 7.19. The van der Waals surface area contributed by atoms with Crippen LogP contribution in [0.3, 0.4) is 0 Å². The molecule has 0 spiro atoms. The molecule has 0 aromatic heterocycles. The van der Waals surface area contributed by atoms with Gasteiger partial charge in [-0.05, 0) is 33.1 Å². The summed E-state index contributed by atoms with van der Waals surface area (Å²) in [4.78, 5) is 2.57. The van der Waals surface area contributed by atoms with Gasteiger partial charge in [0.15, 0.2) is 0 Å². The van der Waals surface area contributed by atoms with Gasteiger partial charge in [0.2, 0.25) is 0 Å². The van der Waals surface area contributed by atoms with Crippen molar-refractivity contribution >= 4 is 0 Å². The van der Waals surface area contributed by atoms with Crippen molar-refractivity contribution in [3.63, 3.8) is 0 Å². The molecule has 0 bridgehead atoms. The van der Waals surface area contributed by atoms with Crippen LogP contribution in [0.4, 0.5) is 0 Å². The fourth-order valence-corrected chi connectivity index (χ4v) is 2.38. The first-order chi connectivity index (χ1) is 4.72. The number of rotatable bonds is 0. The van der Waals surface area contributed by atoms with Crippen LogP contribution in [0.25, 0.3) is 0 Å². The van der Waals surface area contributed by atoms with E-state index in [0.717, 1.165) is 0 Å². The van der Waals surface area contributed by atoms with E-state index in [1.54, 1.807) is 0 Å². The zero-order valence-corrected chi connectivity index (χ0v) is 6.85. The van der Waals surface area contributed by atoms with Gasteiger partial charge in [-0.15, -0.1) is 0 Å². The molecule has 2 atom stereocenters. The second kappa shape index (κ2) is 1.95. The molecule has 2 rings (SSSR count). The van der Waals surface area contributed by atoms with Gasteiger partial charge in [-0.25, -0.2) is 0 Å². The maximum atomic E-state index is 3.55. The Balaban J connectivity index is 2.06. The van der Waals surface area contributed by atoms with Gasteiger partial charge < -0.3 is 0 Å². The van der Waals surface area contributed by atoms with Crippen molar-refractivity contribution in [3.05, 3.63) is 0 Å². The second-order valence-corrected chi connectivity index (χ2v) is 3.74. The Morgan fingerprint density at radius 3 is 2.80 bits per heavy atom. The zero-order valence-electron chi connectivity index (χ0n) is 6.85. The third kappa shape index (κ3) is 0.722. The molecule has 0 aliphatic carbocycles. The van der Waals surface area contributed by atoms with Crippen LogP contribution < -0.4 is 5.32 Å². The monoisotopic (exact) mass is 140 g/mol. The Labute approximate surface area is 62.6 Å². The van der Waals surface area contributed by atoms with E-state index in [1.807, 2.05) is 0 Å². The normalized spacial score (nSPS) is 48.0. The van der Waals surface area contributed by atoms with Crippen LogP contribution in [0, 0.1) is 0 Å². The van der Waals surface area contributed by atoms with Crippen molar-refractivity contribution in [2.24, 2.45) is 0 Å². The Hall–Kier alpha value is -0.0800. The molecule has 58 valence electrons. The van der Waals surface area contributed by atoms with E-state index in [0.29, 0.717) is 11.8 Å². The van der Waals surface area contributed by atoms with E-state index in [4.69, 9.17) is 0 Å². The van der Waals surface area contributed by atoms with Crippen molar-refractivity contribution in [3.8, 4) is 0 Å². The van der Waals surface area contributed by atoms with Crippen molar-refractivity contribution in [1.82, 2.24) is 10.2 Å². The van der Waals surface area contributed by atoms with Crippen LogP contribution in [0.1, 0.15) is 33.1 Å². The molecule has 0 aromatic rings. The Morgan fingerprint density at radius 1 is 1.50 bits per heavy atom. The van der Waals surface area contributed by atoms with Gasteiger partial charge in [0.1, 0.15) is 0 Å². The SMILES string of the molecule is CC1NC2(C)CCCCN12. The summed E-state index contributed by atoms with van der Waals surface area (Å²) in [7, 11) is 0. The fraction of sp³-hybridized carbons (Fsp3) is 1.00. The van der Waals surface area contributed by atoms with E-state index in [9.17, 15) is 0 Å². The lowest BCUT2D eigenvalue weighted by Crippen LogP contribution is -2.77. The maximum absolute atomic E-state index is 3.55. The van der Waals surface area contributed by atoms with E-state index >= 15 is 0 Å². The van der Waals surface area contributed by atoms with Crippen LogP contribution in [0.2, 0.25) is 0 Å². The molecule has 2 aliphatic heterocycles. The molecule has 10 heavy (non-hydrogen) atoms. The molecule has 2 saturated heterocycles. The van der Waals surface area contributed by atoms with Crippen molar-refractivity contribution in [2.45, 2.75) is 44.9 Å². The fourth-order valence-electron chi connectivity index (χ4n) is 2.38. The summed E-state index contributed by atoms with van der Waals surface area (Å²) in [5.41, 5.74) is 0.373. The summed E-state index contributed by atoms with van der Waals surface area (Å²) in [5.74, 6) is 0. The minimum Gasteiger partial charge on any atom is -0.284 e. The van der Waals surface area contributed by atoms with Crippen molar-refractivity contribution in [1.29, 1.82) is 0 Å². The number of nitrogens with zero attached hydrogens (tertiary/aromatic N) is 1. The molecule has 2 nitrogen and oxygen atoms in total. The number of nitrogens with one attached hydrogen (secondary N) is 1. The maximum Gasteiger partial charge on any atom is 0.0708 e. The van der Waals surface area contributed by atoms with E-state index in [-0.39, 0.29) is 0 Å². The second-order valence-electron chi connectivity index (χ2n) is 3.74. The molecular formula is C8H16N2. The molecule has 2 heterocycles. The average Bonchev–Trinajstić information content (AvgIpc) is 1.86. The predicted octanol–water partition coefficient (Wildman–Crippen LogP) is 1.14. The van der Waals surface area contributed by atoms with E-state index < -0.39 is 0 Å². The number of hydrogen-bond donors (Lipinski definition) is 1. The molecule has 1 N–H and O–H groups in total. The van der Waals surface area contributed by atoms with Crippen LogP contribution in [-0.2, 0) is 0 Å². The highest BCUT2D eigenvalue weighted by Crippen LogP contribution is 2.33. The Bertz CT molecular complexity index is 142. The molecule has 2 heteroatoms. The standard InChI is InChI=1S/C8H16N2/c1-7-9-8(2)5-3-4-6-10(7)8/h7,9H,3-6H2,1-2H3. The van der Waals surface area contributed by atoms with E-state index in [1.165, 1.54) is 25.8 Å². The van der Waals surface area contributed by atoms with Crippen molar-refractivity contribution < 1.29 is 0 Å². The van der Waals surface area contributed by atoms with Gasteiger partial charge in [0, 0.05) is 6.54 Å². The van der Waals surface area contributed by atoms with Crippen LogP contribution in [0.5, 0.6) is 0 Å². The molecule has 2 aliphatic rings. The minimum atomic E-state index is 0.373. The number of hydrogen-bond acceptors (Lipinski definition) is 2. The summed E-state index contributed by atoms with van der Waals surface area (Å²) in [6.45, 7) is 5.85. The van der Waals surface area contributed by atoms with Gasteiger partial charge in [0.05, 0.1) is 11.8 Å². The average molecular weight is 140 g/mol. The lowest BCUT2D eigenvalue weighted by atomic mass is 9.91. The molecule has 0 aromatic carbocycles. The largest absolute Gasteiger partial charge is 0.284 e. The van der Waals surface area contributed by atoms with Gasteiger partial charge in [0.25, 0.3) is 0 Å². The van der Waals surface area contributed by atoms with Gasteiger partial charge in [-0.3, -0.25) is 10.2 Å². The van der Waals surface area contributed by atoms with Crippen molar-refractivity contribution in [2.75, 3.05) is 6.54 Å². The quantitative estimate of drug-likeness (QED) is 0.543. The first-order valence-corrected chi connectivity index (χ1v) is 4.27. The minimum absolute atomic E-state index is 0.373. The van der Waals surface area contributed by atoms with E-state index in [2.05, 4.69) is 24.1 Å². The summed E-state index contributed by atoms with van der Waals surface area (Å²) in [6.07, 6.45) is 4.75. The van der Waals surface area contributed by atoms with Gasteiger partial charge >= 0.3 is 0 Å². The highest BCUT2D eigenvalue weighted by Gasteiger charge is 2.45. The Morgan fingerprint density at radius 2 is 2.30 bits per heavy atom. The molecule has 2 fully saturated rings. The Kier molecular flexibility index (Phi) is 1.29. The summed E-state index contributed by atoms with van der Waals surface area (Å²) < 4.78 is 0. The molecule has 0 amide bonds. The van der Waals surface area contributed by atoms with Crippen LogP contribution in [0.15, 0.2) is 0 Å². The predicted molar refractivity (Wildman–Crippen MR) is 41.6 cm³/mol. The smallest absolute Gasteiger partial charge is 0.0708 e. The lowest BCUT2D eigenvalue weighted by Gasteiger charge is -2.59. The highest BCUT2D eigenvalue weighted by atomic mass is 15.5. The third-order valence-corrected chi connectivity index (χ3v) is 2.93.